The maximum Gasteiger partial charge on any atom is 0.00450 e. The first-order chi connectivity index (χ1) is 6.72. The normalized spacial score (nSPS) is 27.6. The van der Waals surface area contributed by atoms with E-state index < -0.39 is 0 Å². The van der Waals surface area contributed by atoms with Crippen LogP contribution in [0.2, 0.25) is 0 Å². The number of nitrogens with one attached hydrogen (secondary N) is 1. The second-order valence-electron chi connectivity index (χ2n) is 6.86. The van der Waals surface area contributed by atoms with Crippen LogP contribution < -0.4 is 11.1 Å². The lowest BCUT2D eigenvalue weighted by molar-refractivity contribution is 0.123. The van der Waals surface area contributed by atoms with Gasteiger partial charge in [-0.05, 0) is 36.1 Å². The Kier molecular flexibility index (Phi) is 3.83. The monoisotopic (exact) mass is 212 g/mol. The Morgan fingerprint density at radius 3 is 2.07 bits per heavy atom. The van der Waals surface area contributed by atoms with E-state index in [0.29, 0.717) is 16.9 Å². The van der Waals surface area contributed by atoms with E-state index >= 15 is 0 Å². The largest absolute Gasteiger partial charge is 0.328 e. The van der Waals surface area contributed by atoms with Crippen LogP contribution in [0.5, 0.6) is 0 Å². The van der Waals surface area contributed by atoms with E-state index in [2.05, 4.69) is 39.9 Å². The summed E-state index contributed by atoms with van der Waals surface area (Å²) >= 11 is 0. The molecule has 90 valence electrons. The highest BCUT2D eigenvalue weighted by molar-refractivity contribution is 4.87. The molecule has 1 saturated carbocycles. The van der Waals surface area contributed by atoms with Crippen molar-refractivity contribution in [3.8, 4) is 0 Å². The van der Waals surface area contributed by atoms with Gasteiger partial charge in [0.15, 0.2) is 0 Å². The van der Waals surface area contributed by atoms with E-state index in [4.69, 9.17) is 5.73 Å². The van der Waals surface area contributed by atoms with E-state index in [1.54, 1.807) is 0 Å². The van der Waals surface area contributed by atoms with Gasteiger partial charge in [0.25, 0.3) is 0 Å². The van der Waals surface area contributed by atoms with Gasteiger partial charge in [0, 0.05) is 12.6 Å². The lowest BCUT2D eigenvalue weighted by Gasteiger charge is -2.40. The highest BCUT2D eigenvalue weighted by Gasteiger charge is 2.33. The highest BCUT2D eigenvalue weighted by atomic mass is 14.9. The molecule has 0 spiro atoms. The Labute approximate surface area is 95.0 Å². The van der Waals surface area contributed by atoms with Gasteiger partial charge in [0.05, 0.1) is 0 Å². The lowest BCUT2D eigenvalue weighted by Crippen LogP contribution is -2.45. The third kappa shape index (κ3) is 3.46. The second-order valence-corrected chi connectivity index (χ2v) is 6.86. The predicted molar refractivity (Wildman–Crippen MR) is 66.8 cm³/mol. The summed E-state index contributed by atoms with van der Waals surface area (Å²) in [6, 6.07) is 0.479. The van der Waals surface area contributed by atoms with Gasteiger partial charge in [-0.1, -0.05) is 34.6 Å². The Hall–Kier alpha value is -0.0800. The summed E-state index contributed by atoms with van der Waals surface area (Å²) in [6.45, 7) is 13.9. The zero-order valence-electron chi connectivity index (χ0n) is 11.1. The molecule has 0 aromatic carbocycles. The maximum absolute atomic E-state index is 5.77. The van der Waals surface area contributed by atoms with Crippen LogP contribution in [0.15, 0.2) is 0 Å². The predicted octanol–water partition coefficient (Wildman–Crippen LogP) is 2.39. The van der Waals surface area contributed by atoms with Crippen LogP contribution >= 0.6 is 0 Å². The van der Waals surface area contributed by atoms with Crippen molar-refractivity contribution in [2.75, 3.05) is 13.1 Å². The number of hydrogen-bond acceptors (Lipinski definition) is 2. The summed E-state index contributed by atoms with van der Waals surface area (Å²) in [4.78, 5) is 0. The van der Waals surface area contributed by atoms with E-state index in [1.807, 2.05) is 0 Å². The molecule has 0 bridgehead atoms. The maximum atomic E-state index is 5.77. The van der Waals surface area contributed by atoms with Gasteiger partial charge in [-0.15, -0.1) is 0 Å². The average Bonchev–Trinajstić information content (AvgIpc) is 1.98. The molecular weight excluding hydrogens is 184 g/mol. The molecule has 0 saturated heterocycles. The Morgan fingerprint density at radius 2 is 1.67 bits per heavy atom. The third-order valence-corrected chi connectivity index (χ3v) is 4.30. The molecule has 0 atom stereocenters. The average molecular weight is 212 g/mol. The molecule has 1 aliphatic carbocycles. The molecule has 2 heteroatoms. The van der Waals surface area contributed by atoms with Crippen LogP contribution in [0.4, 0.5) is 0 Å². The third-order valence-electron chi connectivity index (χ3n) is 4.30. The molecule has 1 fully saturated rings. The van der Waals surface area contributed by atoms with Gasteiger partial charge in [-0.2, -0.15) is 0 Å². The quantitative estimate of drug-likeness (QED) is 0.751. The van der Waals surface area contributed by atoms with Crippen LogP contribution in [0.3, 0.4) is 0 Å². The SMILES string of the molecule is CC(C)(C)C(C)(C)CNCC1CC(N)C1. The molecular formula is C13H28N2. The van der Waals surface area contributed by atoms with Gasteiger partial charge in [-0.25, -0.2) is 0 Å². The van der Waals surface area contributed by atoms with Gasteiger partial charge in [-0.3, -0.25) is 0 Å². The smallest absolute Gasteiger partial charge is 0.00450 e. The molecule has 0 aliphatic heterocycles. The van der Waals surface area contributed by atoms with Gasteiger partial charge < -0.3 is 11.1 Å². The first-order valence-electron chi connectivity index (χ1n) is 6.19. The fourth-order valence-electron chi connectivity index (χ4n) is 1.81. The van der Waals surface area contributed by atoms with Crippen molar-refractivity contribution in [2.24, 2.45) is 22.5 Å². The van der Waals surface area contributed by atoms with E-state index in [-0.39, 0.29) is 0 Å². The molecule has 0 aromatic heterocycles. The summed E-state index contributed by atoms with van der Waals surface area (Å²) < 4.78 is 0. The lowest BCUT2D eigenvalue weighted by atomic mass is 9.69. The van der Waals surface area contributed by atoms with Crippen molar-refractivity contribution >= 4 is 0 Å². The molecule has 1 rings (SSSR count). The molecule has 0 radical (unpaired) electrons. The topological polar surface area (TPSA) is 38.0 Å². The van der Waals surface area contributed by atoms with Gasteiger partial charge in [0.1, 0.15) is 0 Å². The van der Waals surface area contributed by atoms with Crippen LogP contribution in [0.1, 0.15) is 47.5 Å². The molecule has 0 aromatic rings. The summed E-state index contributed by atoms with van der Waals surface area (Å²) in [5, 5.41) is 3.60. The molecule has 0 heterocycles. The summed E-state index contributed by atoms with van der Waals surface area (Å²) in [5.41, 5.74) is 6.47. The van der Waals surface area contributed by atoms with Crippen LogP contribution in [0.25, 0.3) is 0 Å². The van der Waals surface area contributed by atoms with Crippen LogP contribution in [-0.4, -0.2) is 19.1 Å². The van der Waals surface area contributed by atoms with Crippen LogP contribution in [-0.2, 0) is 0 Å². The van der Waals surface area contributed by atoms with Crippen LogP contribution in [0, 0.1) is 16.7 Å². The van der Waals surface area contributed by atoms with E-state index in [1.165, 1.54) is 12.8 Å². The first kappa shape index (κ1) is 13.0. The van der Waals surface area contributed by atoms with Crippen molar-refractivity contribution in [1.82, 2.24) is 5.32 Å². The first-order valence-corrected chi connectivity index (χ1v) is 6.19. The van der Waals surface area contributed by atoms with Crippen molar-refractivity contribution < 1.29 is 0 Å². The van der Waals surface area contributed by atoms with Crippen molar-refractivity contribution in [3.05, 3.63) is 0 Å². The summed E-state index contributed by atoms with van der Waals surface area (Å²) in [6.07, 6.45) is 2.42. The highest BCUT2D eigenvalue weighted by Crippen LogP contribution is 2.37. The molecule has 3 N–H and O–H groups in total. The number of nitrogens with two attached hydrogens (primary N) is 1. The Morgan fingerprint density at radius 1 is 1.13 bits per heavy atom. The molecule has 0 unspecified atom stereocenters. The molecule has 1 aliphatic rings. The van der Waals surface area contributed by atoms with E-state index in [0.717, 1.165) is 19.0 Å². The molecule has 15 heavy (non-hydrogen) atoms. The minimum atomic E-state index is 0.346. The number of hydrogen-bond donors (Lipinski definition) is 2. The zero-order chi connectivity index (χ0) is 11.7. The van der Waals surface area contributed by atoms with Crippen molar-refractivity contribution in [2.45, 2.75) is 53.5 Å². The summed E-state index contributed by atoms with van der Waals surface area (Å²) in [5.74, 6) is 0.829. The minimum Gasteiger partial charge on any atom is -0.328 e. The Bertz CT molecular complexity index is 197. The van der Waals surface area contributed by atoms with Crippen molar-refractivity contribution in [1.29, 1.82) is 0 Å². The second kappa shape index (κ2) is 4.42. The van der Waals surface area contributed by atoms with Crippen molar-refractivity contribution in [3.63, 3.8) is 0 Å². The fourth-order valence-corrected chi connectivity index (χ4v) is 1.81. The van der Waals surface area contributed by atoms with Gasteiger partial charge >= 0.3 is 0 Å². The standard InChI is InChI=1S/C13H28N2/c1-12(2,3)13(4,5)9-15-8-10-6-11(14)7-10/h10-11,15H,6-9,14H2,1-5H3. The summed E-state index contributed by atoms with van der Waals surface area (Å²) in [7, 11) is 0. The number of rotatable bonds is 4. The molecule has 0 amide bonds. The minimum absolute atomic E-state index is 0.346. The van der Waals surface area contributed by atoms with Gasteiger partial charge in [0.2, 0.25) is 0 Å². The fraction of sp³-hybridized carbons (Fsp3) is 1.00. The zero-order valence-corrected chi connectivity index (χ0v) is 11.1. The molecule has 2 nitrogen and oxygen atoms in total. The van der Waals surface area contributed by atoms with E-state index in [9.17, 15) is 0 Å². The Balaban J connectivity index is 2.19.